The quantitative estimate of drug-likeness (QED) is 0.784. The Morgan fingerprint density at radius 2 is 2.00 bits per heavy atom. The lowest BCUT2D eigenvalue weighted by Gasteiger charge is -2.17. The van der Waals surface area contributed by atoms with Crippen LogP contribution in [0, 0.1) is 11.8 Å². The molecule has 1 N–H and O–H groups in total. The molecule has 0 atom stereocenters. The molecular weight excluding hydrogens is 286 g/mol. The van der Waals surface area contributed by atoms with Gasteiger partial charge in [-0.25, -0.2) is 12.7 Å². The lowest BCUT2D eigenvalue weighted by atomic mass is 10.1. The zero-order valence-electron chi connectivity index (χ0n) is 12.7. The summed E-state index contributed by atoms with van der Waals surface area (Å²) in [6.45, 7) is 2.32. The Labute approximate surface area is 127 Å². The highest BCUT2D eigenvalue weighted by molar-refractivity contribution is 7.89. The number of sulfonamides is 1. The molecule has 0 heterocycles. The van der Waals surface area contributed by atoms with Crippen molar-refractivity contribution in [3.05, 3.63) is 35.4 Å². The normalized spacial score (nSPS) is 11.2. The molecule has 0 aliphatic heterocycles. The molecule has 1 rings (SSSR count). The second-order valence-corrected chi connectivity index (χ2v) is 7.05. The van der Waals surface area contributed by atoms with E-state index < -0.39 is 10.0 Å². The number of aliphatic hydroxyl groups is 1. The second-order valence-electron chi connectivity index (χ2n) is 4.86. The summed E-state index contributed by atoms with van der Waals surface area (Å²) in [5.41, 5.74) is 1.69. The van der Waals surface area contributed by atoms with Crippen LogP contribution >= 0.6 is 0 Å². The van der Waals surface area contributed by atoms with Crippen molar-refractivity contribution in [1.29, 1.82) is 0 Å². The molecule has 0 aliphatic carbocycles. The molecule has 0 saturated heterocycles. The number of nitrogens with zero attached hydrogens (tertiary/aromatic N) is 1. The van der Waals surface area contributed by atoms with Crippen LogP contribution in [0.2, 0.25) is 0 Å². The van der Waals surface area contributed by atoms with Gasteiger partial charge in [-0.1, -0.05) is 43.4 Å². The van der Waals surface area contributed by atoms with E-state index in [2.05, 4.69) is 11.8 Å². The van der Waals surface area contributed by atoms with Crippen molar-refractivity contribution in [3.8, 4) is 11.8 Å². The van der Waals surface area contributed by atoms with Gasteiger partial charge < -0.3 is 5.11 Å². The first-order valence-electron chi connectivity index (χ1n) is 7.13. The van der Waals surface area contributed by atoms with Crippen LogP contribution in [0.25, 0.3) is 0 Å². The van der Waals surface area contributed by atoms with Gasteiger partial charge in [0.25, 0.3) is 0 Å². The first kappa shape index (κ1) is 17.7. The first-order chi connectivity index (χ1) is 10.0. The van der Waals surface area contributed by atoms with Gasteiger partial charge in [-0.05, 0) is 18.1 Å². The molecule has 116 valence electrons. The van der Waals surface area contributed by atoms with E-state index in [1.165, 1.54) is 4.31 Å². The Bertz CT molecular complexity index is 599. The van der Waals surface area contributed by atoms with E-state index >= 15 is 0 Å². The SMILES string of the molecule is CCCCS(=O)(=O)N(C)Cc1ccccc1C#CCCO. The Morgan fingerprint density at radius 1 is 1.29 bits per heavy atom. The molecule has 5 heteroatoms. The zero-order valence-corrected chi connectivity index (χ0v) is 13.5. The standard InChI is InChI=1S/C16H23NO3S/c1-3-4-13-21(19,20)17(2)14-16-11-6-5-9-15(16)10-7-8-12-18/h5-6,9,11,18H,3-4,8,12-14H2,1-2H3. The maximum atomic E-state index is 12.1. The van der Waals surface area contributed by atoms with Gasteiger partial charge >= 0.3 is 0 Å². The third kappa shape index (κ3) is 5.88. The Kier molecular flexibility index (Phi) is 7.44. The molecule has 0 fully saturated rings. The van der Waals surface area contributed by atoms with Crippen molar-refractivity contribution in [1.82, 2.24) is 4.31 Å². The first-order valence-corrected chi connectivity index (χ1v) is 8.73. The maximum Gasteiger partial charge on any atom is 0.214 e. The van der Waals surface area contributed by atoms with E-state index in [-0.39, 0.29) is 12.4 Å². The number of unbranched alkanes of at least 4 members (excludes halogenated alkanes) is 1. The van der Waals surface area contributed by atoms with Crippen LogP contribution in [-0.4, -0.2) is 37.2 Å². The molecule has 0 spiro atoms. The Balaban J connectivity index is 2.86. The smallest absolute Gasteiger partial charge is 0.214 e. The number of benzene rings is 1. The average Bonchev–Trinajstić information content (AvgIpc) is 2.47. The van der Waals surface area contributed by atoms with Crippen molar-refractivity contribution in [2.75, 3.05) is 19.4 Å². The fourth-order valence-electron chi connectivity index (χ4n) is 1.81. The lowest BCUT2D eigenvalue weighted by Crippen LogP contribution is -2.29. The number of rotatable bonds is 7. The molecule has 21 heavy (non-hydrogen) atoms. The highest BCUT2D eigenvalue weighted by atomic mass is 32.2. The molecular formula is C16H23NO3S. The highest BCUT2D eigenvalue weighted by Crippen LogP contribution is 2.13. The summed E-state index contributed by atoms with van der Waals surface area (Å²) in [6.07, 6.45) is 1.94. The molecule has 1 aromatic rings. The van der Waals surface area contributed by atoms with Gasteiger partial charge in [-0.15, -0.1) is 0 Å². The van der Waals surface area contributed by atoms with Crippen LogP contribution in [0.3, 0.4) is 0 Å². The minimum atomic E-state index is -3.22. The highest BCUT2D eigenvalue weighted by Gasteiger charge is 2.18. The van der Waals surface area contributed by atoms with E-state index in [0.717, 1.165) is 17.5 Å². The van der Waals surface area contributed by atoms with Crippen LogP contribution in [0.5, 0.6) is 0 Å². The predicted octanol–water partition coefficient (Wildman–Crippen LogP) is 1.98. The molecule has 0 bridgehead atoms. The third-order valence-electron chi connectivity index (χ3n) is 3.10. The number of aliphatic hydroxyl groups excluding tert-OH is 1. The summed E-state index contributed by atoms with van der Waals surface area (Å²) in [5.74, 6) is 6.03. The van der Waals surface area contributed by atoms with Crippen molar-refractivity contribution >= 4 is 10.0 Å². The van der Waals surface area contributed by atoms with Crippen molar-refractivity contribution in [2.45, 2.75) is 32.7 Å². The summed E-state index contributed by atoms with van der Waals surface area (Å²) in [6, 6.07) is 7.50. The van der Waals surface area contributed by atoms with Crippen LogP contribution in [-0.2, 0) is 16.6 Å². The monoisotopic (exact) mass is 309 g/mol. The third-order valence-corrected chi connectivity index (χ3v) is 4.98. The van der Waals surface area contributed by atoms with Crippen LogP contribution in [0.15, 0.2) is 24.3 Å². The molecule has 1 aromatic carbocycles. The Hall–Kier alpha value is -1.35. The van der Waals surface area contributed by atoms with Crippen molar-refractivity contribution in [3.63, 3.8) is 0 Å². The second kappa shape index (κ2) is 8.83. The zero-order chi connectivity index (χ0) is 15.7. The largest absolute Gasteiger partial charge is 0.395 e. The number of hydrogen-bond acceptors (Lipinski definition) is 3. The average molecular weight is 309 g/mol. The Morgan fingerprint density at radius 3 is 2.67 bits per heavy atom. The van der Waals surface area contributed by atoms with Gasteiger partial charge in [0.1, 0.15) is 0 Å². The minimum absolute atomic E-state index is 0.0282. The lowest BCUT2D eigenvalue weighted by molar-refractivity contribution is 0.305. The fourth-order valence-corrected chi connectivity index (χ4v) is 3.12. The summed E-state index contributed by atoms with van der Waals surface area (Å²) < 4.78 is 25.6. The fraction of sp³-hybridized carbons (Fsp3) is 0.500. The summed E-state index contributed by atoms with van der Waals surface area (Å²) in [4.78, 5) is 0. The minimum Gasteiger partial charge on any atom is -0.395 e. The van der Waals surface area contributed by atoms with Gasteiger partial charge in [0.15, 0.2) is 0 Å². The van der Waals surface area contributed by atoms with Gasteiger partial charge in [-0.3, -0.25) is 0 Å². The van der Waals surface area contributed by atoms with Gasteiger partial charge in [0.2, 0.25) is 10.0 Å². The molecule has 0 radical (unpaired) electrons. The topological polar surface area (TPSA) is 57.6 Å². The van der Waals surface area contributed by atoms with Crippen LogP contribution in [0.1, 0.15) is 37.3 Å². The molecule has 0 amide bonds. The van der Waals surface area contributed by atoms with Gasteiger partial charge in [0, 0.05) is 25.6 Å². The predicted molar refractivity (Wildman–Crippen MR) is 85.2 cm³/mol. The van der Waals surface area contributed by atoms with Crippen molar-refractivity contribution in [2.24, 2.45) is 0 Å². The molecule has 0 aromatic heterocycles. The van der Waals surface area contributed by atoms with Crippen LogP contribution < -0.4 is 0 Å². The summed E-state index contributed by atoms with van der Waals surface area (Å²) in [7, 11) is -1.62. The van der Waals surface area contributed by atoms with E-state index in [0.29, 0.717) is 19.4 Å². The molecule has 0 saturated carbocycles. The molecule has 0 aliphatic rings. The summed E-state index contributed by atoms with van der Waals surface area (Å²) >= 11 is 0. The van der Waals surface area contributed by atoms with E-state index in [1.54, 1.807) is 7.05 Å². The van der Waals surface area contributed by atoms with Crippen LogP contribution in [0.4, 0.5) is 0 Å². The van der Waals surface area contributed by atoms with Gasteiger partial charge in [0.05, 0.1) is 12.4 Å². The molecule has 0 unspecified atom stereocenters. The van der Waals surface area contributed by atoms with Gasteiger partial charge in [-0.2, -0.15) is 0 Å². The van der Waals surface area contributed by atoms with Crippen molar-refractivity contribution < 1.29 is 13.5 Å². The van der Waals surface area contributed by atoms with E-state index in [9.17, 15) is 8.42 Å². The maximum absolute atomic E-state index is 12.1. The van der Waals surface area contributed by atoms with E-state index in [4.69, 9.17) is 5.11 Å². The molecule has 4 nitrogen and oxygen atoms in total. The summed E-state index contributed by atoms with van der Waals surface area (Å²) in [5, 5.41) is 8.76. The van der Waals surface area contributed by atoms with E-state index in [1.807, 2.05) is 31.2 Å². The number of hydrogen-bond donors (Lipinski definition) is 1.